The van der Waals surface area contributed by atoms with Crippen LogP contribution in [0.2, 0.25) is 0 Å². The van der Waals surface area contributed by atoms with Crippen molar-refractivity contribution in [2.45, 2.75) is 13.8 Å². The maximum Gasteiger partial charge on any atom is 0.159 e. The first-order valence-electron chi connectivity index (χ1n) is 5.62. The summed E-state index contributed by atoms with van der Waals surface area (Å²) in [4.78, 5) is 21.7. The van der Waals surface area contributed by atoms with E-state index in [1.807, 2.05) is 0 Å². The molecule has 0 heterocycles. The van der Waals surface area contributed by atoms with Crippen LogP contribution in [0, 0.1) is 0 Å². The van der Waals surface area contributed by atoms with Crippen molar-refractivity contribution in [1.82, 2.24) is 0 Å². The molecule has 0 aliphatic carbocycles. The largest absolute Gasteiger partial charge is 0.382 e. The Morgan fingerprint density at radius 3 is 1.28 bits per heavy atom. The number of hydrogen-bond acceptors (Lipinski definition) is 4. The molecule has 4 nitrogen and oxygen atoms in total. The van der Waals surface area contributed by atoms with Gasteiger partial charge in [-0.2, -0.15) is 0 Å². The standard InChI is InChI=1S/C10H10O2.C4H10O2/c1-7(11)9-3-5-10(6-4-9)8(2)12;1-5-3-4-6-2/h3-6H,1-2H3;3-4H2,1-2H3. The minimum atomic E-state index is 0.0186. The molecule has 1 aromatic carbocycles. The molecule has 4 heteroatoms. The topological polar surface area (TPSA) is 52.6 Å². The summed E-state index contributed by atoms with van der Waals surface area (Å²) < 4.78 is 9.31. The maximum atomic E-state index is 10.8. The van der Waals surface area contributed by atoms with Crippen LogP contribution in [0.3, 0.4) is 0 Å². The lowest BCUT2D eigenvalue weighted by molar-refractivity contribution is 0.100. The predicted molar refractivity (Wildman–Crippen MR) is 70.2 cm³/mol. The van der Waals surface area contributed by atoms with Gasteiger partial charge in [0.1, 0.15) is 0 Å². The van der Waals surface area contributed by atoms with Crippen molar-refractivity contribution in [2.75, 3.05) is 27.4 Å². The molecule has 1 aromatic rings. The lowest BCUT2D eigenvalue weighted by atomic mass is 10.1. The molecule has 0 unspecified atom stereocenters. The summed E-state index contributed by atoms with van der Waals surface area (Å²) in [5.74, 6) is 0.0372. The van der Waals surface area contributed by atoms with Crippen molar-refractivity contribution in [3.63, 3.8) is 0 Å². The van der Waals surface area contributed by atoms with Crippen LogP contribution in [0.4, 0.5) is 0 Å². The first-order chi connectivity index (χ1) is 8.52. The van der Waals surface area contributed by atoms with E-state index in [9.17, 15) is 9.59 Å². The Hall–Kier alpha value is -1.52. The first-order valence-corrected chi connectivity index (χ1v) is 5.62. The second kappa shape index (κ2) is 9.50. The van der Waals surface area contributed by atoms with Crippen LogP contribution in [0.15, 0.2) is 24.3 Å². The van der Waals surface area contributed by atoms with E-state index in [2.05, 4.69) is 9.47 Å². The van der Waals surface area contributed by atoms with Crippen LogP contribution in [-0.4, -0.2) is 39.0 Å². The maximum absolute atomic E-state index is 10.8. The van der Waals surface area contributed by atoms with Gasteiger partial charge in [-0.3, -0.25) is 9.59 Å². The minimum absolute atomic E-state index is 0.0186. The average Bonchev–Trinajstić information content (AvgIpc) is 2.37. The SMILES string of the molecule is CC(=O)c1ccc(C(C)=O)cc1.COCCOC. The molecule has 0 amide bonds. The number of ketones is 2. The van der Waals surface area contributed by atoms with Crippen LogP contribution in [-0.2, 0) is 9.47 Å². The second-order valence-electron chi connectivity index (χ2n) is 3.68. The van der Waals surface area contributed by atoms with E-state index < -0.39 is 0 Å². The second-order valence-corrected chi connectivity index (χ2v) is 3.68. The molecular formula is C14H20O4. The molecule has 1 rings (SSSR count). The van der Waals surface area contributed by atoms with Gasteiger partial charge in [-0.1, -0.05) is 24.3 Å². The lowest BCUT2D eigenvalue weighted by Crippen LogP contribution is -1.96. The molecule has 0 bridgehead atoms. The molecule has 0 aliphatic heterocycles. The third-order valence-electron chi connectivity index (χ3n) is 2.19. The molecule has 0 atom stereocenters. The molecule has 0 aliphatic rings. The Kier molecular flexibility index (Phi) is 8.70. The number of carbonyl (C=O) groups is 2. The van der Waals surface area contributed by atoms with Gasteiger partial charge in [-0.25, -0.2) is 0 Å². The number of methoxy groups -OCH3 is 2. The third kappa shape index (κ3) is 6.93. The van der Waals surface area contributed by atoms with E-state index in [-0.39, 0.29) is 11.6 Å². The van der Waals surface area contributed by atoms with E-state index in [0.717, 1.165) is 0 Å². The van der Waals surface area contributed by atoms with Crippen LogP contribution < -0.4 is 0 Å². The Bertz CT molecular complexity index is 331. The Morgan fingerprint density at radius 2 is 1.11 bits per heavy atom. The lowest BCUT2D eigenvalue weighted by Gasteiger charge is -1.96. The fourth-order valence-corrected chi connectivity index (χ4v) is 1.11. The fourth-order valence-electron chi connectivity index (χ4n) is 1.11. The van der Waals surface area contributed by atoms with Crippen LogP contribution in [0.5, 0.6) is 0 Å². The van der Waals surface area contributed by atoms with Crippen molar-refractivity contribution in [2.24, 2.45) is 0 Å². The molecule has 0 saturated carbocycles. The summed E-state index contributed by atoms with van der Waals surface area (Å²) in [7, 11) is 3.30. The highest BCUT2D eigenvalue weighted by atomic mass is 16.5. The number of benzene rings is 1. The van der Waals surface area contributed by atoms with Gasteiger partial charge in [0.05, 0.1) is 13.2 Å². The highest BCUT2D eigenvalue weighted by Crippen LogP contribution is 2.05. The van der Waals surface area contributed by atoms with Crippen molar-refractivity contribution >= 4 is 11.6 Å². The van der Waals surface area contributed by atoms with E-state index in [1.54, 1.807) is 38.5 Å². The van der Waals surface area contributed by atoms with Crippen LogP contribution >= 0.6 is 0 Å². The molecule has 18 heavy (non-hydrogen) atoms. The highest BCUT2D eigenvalue weighted by Gasteiger charge is 2.00. The third-order valence-corrected chi connectivity index (χ3v) is 2.19. The van der Waals surface area contributed by atoms with Crippen LogP contribution in [0.25, 0.3) is 0 Å². The average molecular weight is 252 g/mol. The zero-order chi connectivity index (χ0) is 14.0. The zero-order valence-electron chi connectivity index (χ0n) is 11.4. The molecule has 0 saturated heterocycles. The van der Waals surface area contributed by atoms with Crippen LogP contribution in [0.1, 0.15) is 34.6 Å². The Labute approximate surface area is 108 Å². The molecule has 0 radical (unpaired) electrons. The van der Waals surface area contributed by atoms with Gasteiger partial charge in [0.2, 0.25) is 0 Å². The van der Waals surface area contributed by atoms with Crippen molar-refractivity contribution < 1.29 is 19.1 Å². The molecule has 100 valence electrons. The van der Waals surface area contributed by atoms with Gasteiger partial charge in [-0.15, -0.1) is 0 Å². The predicted octanol–water partition coefficient (Wildman–Crippen LogP) is 2.37. The summed E-state index contributed by atoms with van der Waals surface area (Å²) in [5.41, 5.74) is 1.28. The number of hydrogen-bond donors (Lipinski definition) is 0. The summed E-state index contributed by atoms with van der Waals surface area (Å²) in [6.45, 7) is 4.39. The van der Waals surface area contributed by atoms with Crippen molar-refractivity contribution in [3.8, 4) is 0 Å². The monoisotopic (exact) mass is 252 g/mol. The summed E-state index contributed by atoms with van der Waals surface area (Å²) in [6.07, 6.45) is 0. The zero-order valence-corrected chi connectivity index (χ0v) is 11.4. The summed E-state index contributed by atoms with van der Waals surface area (Å²) in [5, 5.41) is 0. The summed E-state index contributed by atoms with van der Waals surface area (Å²) >= 11 is 0. The van der Waals surface area contributed by atoms with Crippen molar-refractivity contribution in [3.05, 3.63) is 35.4 Å². The van der Waals surface area contributed by atoms with E-state index >= 15 is 0 Å². The number of rotatable bonds is 5. The quantitative estimate of drug-likeness (QED) is 0.596. The summed E-state index contributed by atoms with van der Waals surface area (Å²) in [6, 6.07) is 6.66. The van der Waals surface area contributed by atoms with Gasteiger partial charge in [0.25, 0.3) is 0 Å². The van der Waals surface area contributed by atoms with Gasteiger partial charge >= 0.3 is 0 Å². The van der Waals surface area contributed by atoms with E-state index in [4.69, 9.17) is 0 Å². The smallest absolute Gasteiger partial charge is 0.159 e. The molecule has 0 N–H and O–H groups in total. The number of carbonyl (C=O) groups excluding carboxylic acids is 2. The first kappa shape index (κ1) is 16.5. The molecule has 0 aromatic heterocycles. The Morgan fingerprint density at radius 1 is 0.833 bits per heavy atom. The highest BCUT2D eigenvalue weighted by molar-refractivity contribution is 5.97. The minimum Gasteiger partial charge on any atom is -0.382 e. The number of ether oxygens (including phenoxy) is 2. The van der Waals surface area contributed by atoms with Gasteiger partial charge in [0.15, 0.2) is 11.6 Å². The van der Waals surface area contributed by atoms with E-state index in [1.165, 1.54) is 13.8 Å². The molecule has 0 fully saturated rings. The van der Waals surface area contributed by atoms with Gasteiger partial charge in [-0.05, 0) is 13.8 Å². The Balaban J connectivity index is 0.000000411. The van der Waals surface area contributed by atoms with E-state index in [0.29, 0.717) is 24.3 Å². The molecule has 0 spiro atoms. The number of Topliss-reactive ketones (excluding diaryl/α,β-unsaturated/α-hetero) is 2. The molecular weight excluding hydrogens is 232 g/mol. The normalized spacial score (nSPS) is 9.33. The van der Waals surface area contributed by atoms with Gasteiger partial charge in [0, 0.05) is 25.3 Å². The van der Waals surface area contributed by atoms with Gasteiger partial charge < -0.3 is 9.47 Å². The fraction of sp³-hybridized carbons (Fsp3) is 0.429. The van der Waals surface area contributed by atoms with Crippen molar-refractivity contribution in [1.29, 1.82) is 0 Å².